The zero-order valence-electron chi connectivity index (χ0n) is 10.0. The van der Waals surface area contributed by atoms with Crippen LogP contribution in [0.15, 0.2) is 0 Å². The molecule has 0 N–H and O–H groups in total. The highest BCUT2D eigenvalue weighted by molar-refractivity contribution is 14.1. The van der Waals surface area contributed by atoms with Crippen molar-refractivity contribution in [1.29, 1.82) is 0 Å². The van der Waals surface area contributed by atoms with Crippen LogP contribution in [-0.2, 0) is 0 Å². The lowest BCUT2D eigenvalue weighted by atomic mass is 9.93. The highest BCUT2D eigenvalue weighted by Gasteiger charge is 2.06. The quantitative estimate of drug-likeness (QED) is 0.280. The summed E-state index contributed by atoms with van der Waals surface area (Å²) in [4.78, 5) is 0. The van der Waals surface area contributed by atoms with Crippen molar-refractivity contribution in [1.82, 2.24) is 0 Å². The molecule has 0 saturated heterocycles. The molecule has 1 atom stereocenters. The van der Waals surface area contributed by atoms with E-state index in [4.69, 9.17) is 0 Å². The largest absolute Gasteiger partial charge is 0.0864 e. The van der Waals surface area contributed by atoms with Gasteiger partial charge >= 0.3 is 0 Å². The summed E-state index contributed by atoms with van der Waals surface area (Å²) in [6, 6.07) is 0. The van der Waals surface area contributed by atoms with Gasteiger partial charge in [0.05, 0.1) is 0 Å². The van der Waals surface area contributed by atoms with Gasteiger partial charge in [0, 0.05) is 0 Å². The molecule has 0 fully saturated rings. The molecular weight excluding hydrogens is 283 g/mol. The van der Waals surface area contributed by atoms with Crippen LogP contribution < -0.4 is 0 Å². The fourth-order valence-corrected chi connectivity index (χ4v) is 2.82. The van der Waals surface area contributed by atoms with Crippen LogP contribution in [0.1, 0.15) is 71.6 Å². The number of hydrogen-bond donors (Lipinski definition) is 0. The molecule has 0 aliphatic heterocycles. The first-order chi connectivity index (χ1) is 6.85. The van der Waals surface area contributed by atoms with E-state index >= 15 is 0 Å². The van der Waals surface area contributed by atoms with Gasteiger partial charge in [-0.1, -0.05) is 87.8 Å². The Morgan fingerprint density at radius 2 is 1.43 bits per heavy atom. The molecule has 0 aromatic rings. The first kappa shape index (κ1) is 14.7. The molecule has 0 saturated carbocycles. The summed E-state index contributed by atoms with van der Waals surface area (Å²) >= 11 is 2.52. The fraction of sp³-hybridized carbons (Fsp3) is 1.00. The van der Waals surface area contributed by atoms with E-state index in [1.165, 1.54) is 62.2 Å². The first-order valence-electron chi connectivity index (χ1n) is 6.41. The van der Waals surface area contributed by atoms with Crippen molar-refractivity contribution in [2.45, 2.75) is 71.6 Å². The Labute approximate surface area is 104 Å². The van der Waals surface area contributed by atoms with E-state index in [0.717, 1.165) is 5.92 Å². The molecule has 0 radical (unpaired) electrons. The highest BCUT2D eigenvalue weighted by Crippen LogP contribution is 2.21. The summed E-state index contributed by atoms with van der Waals surface area (Å²) in [5.41, 5.74) is 0. The molecule has 0 aliphatic carbocycles. The Balaban J connectivity index is 3.40. The number of unbranched alkanes of at least 4 members (excludes halogenated alkanes) is 4. The maximum atomic E-state index is 2.52. The van der Waals surface area contributed by atoms with Gasteiger partial charge in [-0.05, 0) is 16.8 Å². The summed E-state index contributed by atoms with van der Waals surface area (Å²) in [5.74, 6) is 1.03. The summed E-state index contributed by atoms with van der Waals surface area (Å²) in [6.45, 7) is 4.59. The number of hydrogen-bond acceptors (Lipinski definition) is 0. The van der Waals surface area contributed by atoms with Crippen LogP contribution >= 0.6 is 22.6 Å². The molecular formula is C13H27I. The lowest BCUT2D eigenvalue weighted by Gasteiger charge is -2.14. The molecule has 0 heterocycles. The van der Waals surface area contributed by atoms with Gasteiger partial charge in [-0.15, -0.1) is 0 Å². The Morgan fingerprint density at radius 1 is 0.786 bits per heavy atom. The van der Waals surface area contributed by atoms with Gasteiger partial charge in [0.2, 0.25) is 0 Å². The van der Waals surface area contributed by atoms with Gasteiger partial charge in [0.25, 0.3) is 0 Å². The van der Waals surface area contributed by atoms with Crippen LogP contribution in [0.3, 0.4) is 0 Å². The Kier molecular flexibility index (Phi) is 12.4. The Bertz CT molecular complexity index is 101. The number of alkyl halides is 1. The first-order valence-corrected chi connectivity index (χ1v) is 7.93. The number of rotatable bonds is 10. The van der Waals surface area contributed by atoms with E-state index in [-0.39, 0.29) is 0 Å². The van der Waals surface area contributed by atoms with E-state index in [2.05, 4.69) is 36.4 Å². The van der Waals surface area contributed by atoms with E-state index in [9.17, 15) is 0 Å². The molecule has 0 amide bonds. The molecule has 86 valence electrons. The van der Waals surface area contributed by atoms with Crippen LogP contribution in [0.25, 0.3) is 0 Å². The average Bonchev–Trinajstić information content (AvgIpc) is 2.20. The second kappa shape index (κ2) is 11.8. The van der Waals surface area contributed by atoms with E-state index in [0.29, 0.717) is 0 Å². The van der Waals surface area contributed by atoms with Crippen LogP contribution in [0.2, 0.25) is 0 Å². The molecule has 0 unspecified atom stereocenters. The van der Waals surface area contributed by atoms with Gasteiger partial charge in [-0.3, -0.25) is 0 Å². The van der Waals surface area contributed by atoms with Gasteiger partial charge in [-0.2, -0.15) is 0 Å². The topological polar surface area (TPSA) is 0 Å². The molecule has 0 spiro atoms. The van der Waals surface area contributed by atoms with Gasteiger partial charge in [-0.25, -0.2) is 0 Å². The normalized spacial score (nSPS) is 13.1. The molecule has 14 heavy (non-hydrogen) atoms. The van der Waals surface area contributed by atoms with E-state index in [1.807, 2.05) is 0 Å². The smallest absolute Gasteiger partial charge is 0.000209 e. The molecule has 0 bridgehead atoms. The lowest BCUT2D eigenvalue weighted by molar-refractivity contribution is 0.406. The van der Waals surface area contributed by atoms with Crippen molar-refractivity contribution >= 4 is 22.6 Å². The minimum absolute atomic E-state index is 1.03. The molecule has 0 aromatic heterocycles. The highest BCUT2D eigenvalue weighted by atomic mass is 127. The molecule has 0 aromatic carbocycles. The summed E-state index contributed by atoms with van der Waals surface area (Å²) < 4.78 is 1.35. The molecule has 0 nitrogen and oxygen atoms in total. The SMILES string of the molecule is CCCCCC[C@H](CCI)CCCC. The lowest BCUT2D eigenvalue weighted by Crippen LogP contribution is -2.01. The zero-order chi connectivity index (χ0) is 10.6. The second-order valence-corrected chi connectivity index (χ2v) is 5.41. The maximum absolute atomic E-state index is 2.52. The monoisotopic (exact) mass is 310 g/mol. The molecule has 0 rings (SSSR count). The van der Waals surface area contributed by atoms with Crippen molar-refractivity contribution in [2.75, 3.05) is 4.43 Å². The summed E-state index contributed by atoms with van der Waals surface area (Å²) in [7, 11) is 0. The van der Waals surface area contributed by atoms with Crippen LogP contribution in [0.5, 0.6) is 0 Å². The molecule has 1 heteroatoms. The number of halogens is 1. The summed E-state index contributed by atoms with van der Waals surface area (Å²) in [5, 5.41) is 0. The van der Waals surface area contributed by atoms with Crippen LogP contribution in [0.4, 0.5) is 0 Å². The third-order valence-electron chi connectivity index (χ3n) is 2.95. The van der Waals surface area contributed by atoms with Crippen molar-refractivity contribution in [3.05, 3.63) is 0 Å². The second-order valence-electron chi connectivity index (χ2n) is 4.34. The van der Waals surface area contributed by atoms with Gasteiger partial charge < -0.3 is 0 Å². The fourth-order valence-electron chi connectivity index (χ4n) is 1.94. The van der Waals surface area contributed by atoms with Crippen molar-refractivity contribution < 1.29 is 0 Å². The van der Waals surface area contributed by atoms with Crippen molar-refractivity contribution in [3.8, 4) is 0 Å². The van der Waals surface area contributed by atoms with Crippen LogP contribution in [-0.4, -0.2) is 4.43 Å². The van der Waals surface area contributed by atoms with Crippen molar-refractivity contribution in [2.24, 2.45) is 5.92 Å². The molecule has 0 aliphatic rings. The minimum Gasteiger partial charge on any atom is -0.0864 e. The average molecular weight is 310 g/mol. The standard InChI is InChI=1S/C13H27I/c1-3-5-7-8-10-13(11-12-14)9-6-4-2/h13H,3-12H2,1-2H3/t13-/m1/s1. The van der Waals surface area contributed by atoms with Crippen LogP contribution in [0, 0.1) is 5.92 Å². The predicted octanol–water partition coefficient (Wildman–Crippen LogP) is 5.59. The minimum atomic E-state index is 1.03. The predicted molar refractivity (Wildman–Crippen MR) is 75.3 cm³/mol. The van der Waals surface area contributed by atoms with E-state index in [1.54, 1.807) is 0 Å². The van der Waals surface area contributed by atoms with E-state index < -0.39 is 0 Å². The third-order valence-corrected chi connectivity index (χ3v) is 3.57. The van der Waals surface area contributed by atoms with Gasteiger partial charge in [0.15, 0.2) is 0 Å². The van der Waals surface area contributed by atoms with Gasteiger partial charge in [0.1, 0.15) is 0 Å². The summed E-state index contributed by atoms with van der Waals surface area (Å²) in [6.07, 6.45) is 13.0. The third kappa shape index (κ3) is 9.29. The maximum Gasteiger partial charge on any atom is -0.000209 e. The Hall–Kier alpha value is 0.730. The van der Waals surface area contributed by atoms with Crippen molar-refractivity contribution in [3.63, 3.8) is 0 Å². The Morgan fingerprint density at radius 3 is 2.00 bits per heavy atom. The zero-order valence-corrected chi connectivity index (χ0v) is 12.2.